The zero-order valence-electron chi connectivity index (χ0n) is 13.0. The fourth-order valence-corrected chi connectivity index (χ4v) is 1.51. The smallest absolute Gasteiger partial charge is 0.337 e. The topological polar surface area (TPSA) is 87.7 Å². The first kappa shape index (κ1) is 16.8. The lowest BCUT2D eigenvalue weighted by Gasteiger charge is -2.28. The van der Waals surface area contributed by atoms with E-state index in [2.05, 4.69) is 10.6 Å². The van der Waals surface area contributed by atoms with Gasteiger partial charge in [0.1, 0.15) is 5.75 Å². The van der Waals surface area contributed by atoms with Crippen molar-refractivity contribution in [3.8, 4) is 5.75 Å². The highest BCUT2D eigenvalue weighted by molar-refractivity contribution is 6.00. The van der Waals surface area contributed by atoms with Gasteiger partial charge in [-0.05, 0) is 30.5 Å². The van der Waals surface area contributed by atoms with Gasteiger partial charge in [0.15, 0.2) is 0 Å². The molecule has 0 aromatic heterocycles. The largest absolute Gasteiger partial charge is 0.497 e. The van der Waals surface area contributed by atoms with Crippen LogP contribution < -0.4 is 15.4 Å². The van der Waals surface area contributed by atoms with Crippen LogP contribution in [0.4, 0.5) is 10.5 Å². The van der Waals surface area contributed by atoms with Gasteiger partial charge in [0.05, 0.1) is 18.4 Å². The first-order valence-electron chi connectivity index (χ1n) is 6.64. The van der Waals surface area contributed by atoms with E-state index in [1.807, 2.05) is 27.7 Å². The molecule has 0 fully saturated rings. The summed E-state index contributed by atoms with van der Waals surface area (Å²) in [5, 5.41) is 14.5. The molecule has 1 unspecified atom stereocenters. The fraction of sp³-hybridized carbons (Fsp3) is 0.467. The van der Waals surface area contributed by atoms with Gasteiger partial charge in [-0.3, -0.25) is 0 Å². The number of urea groups is 1. The minimum atomic E-state index is -1.13. The Morgan fingerprint density at radius 2 is 1.90 bits per heavy atom. The van der Waals surface area contributed by atoms with Gasteiger partial charge in [0, 0.05) is 6.04 Å². The standard InChI is InChI=1S/C15H22N2O4/c1-9(15(2,3)4)16-14(20)17-12-7-6-10(21-5)8-11(12)13(18)19/h6-9H,1-5H3,(H,18,19)(H2,16,17,20). The number of rotatable bonds is 4. The fourth-order valence-electron chi connectivity index (χ4n) is 1.51. The number of carbonyl (C=O) groups excluding carboxylic acids is 1. The number of carboxylic acid groups (broad SMARTS) is 1. The molecule has 0 radical (unpaired) electrons. The van der Waals surface area contributed by atoms with Crippen molar-refractivity contribution < 1.29 is 19.4 Å². The first-order valence-corrected chi connectivity index (χ1v) is 6.64. The number of hydrogen-bond acceptors (Lipinski definition) is 3. The van der Waals surface area contributed by atoms with Gasteiger partial charge in [-0.15, -0.1) is 0 Å². The molecular weight excluding hydrogens is 272 g/mol. The summed E-state index contributed by atoms with van der Waals surface area (Å²) in [7, 11) is 1.45. The van der Waals surface area contributed by atoms with Crippen molar-refractivity contribution >= 4 is 17.7 Å². The van der Waals surface area contributed by atoms with E-state index in [0.717, 1.165) is 0 Å². The van der Waals surface area contributed by atoms with Crippen LogP contribution in [0.5, 0.6) is 5.75 Å². The van der Waals surface area contributed by atoms with Crippen molar-refractivity contribution in [2.45, 2.75) is 33.7 Å². The Kier molecular flexibility index (Phi) is 5.18. The third-order valence-corrected chi connectivity index (χ3v) is 3.35. The number of amides is 2. The molecular formula is C15H22N2O4. The SMILES string of the molecule is COc1ccc(NC(=O)NC(C)C(C)(C)C)c(C(=O)O)c1. The quantitative estimate of drug-likeness (QED) is 0.796. The minimum Gasteiger partial charge on any atom is -0.497 e. The molecule has 0 spiro atoms. The van der Waals surface area contributed by atoms with E-state index in [4.69, 9.17) is 4.74 Å². The van der Waals surface area contributed by atoms with Crippen LogP contribution in [-0.2, 0) is 0 Å². The number of aromatic carboxylic acids is 1. The van der Waals surface area contributed by atoms with Gasteiger partial charge < -0.3 is 20.5 Å². The van der Waals surface area contributed by atoms with Crippen LogP contribution in [-0.4, -0.2) is 30.3 Å². The summed E-state index contributed by atoms with van der Waals surface area (Å²) < 4.78 is 4.98. The molecule has 2 amide bonds. The van der Waals surface area contributed by atoms with E-state index < -0.39 is 12.0 Å². The molecule has 0 aliphatic carbocycles. The molecule has 1 atom stereocenters. The predicted octanol–water partition coefficient (Wildman–Crippen LogP) is 2.95. The van der Waals surface area contributed by atoms with E-state index in [1.54, 1.807) is 6.07 Å². The Labute approximate surface area is 124 Å². The van der Waals surface area contributed by atoms with Crippen LogP contribution >= 0.6 is 0 Å². The van der Waals surface area contributed by atoms with Gasteiger partial charge >= 0.3 is 12.0 Å². The van der Waals surface area contributed by atoms with Crippen molar-refractivity contribution in [1.29, 1.82) is 0 Å². The maximum Gasteiger partial charge on any atom is 0.337 e. The molecule has 1 rings (SSSR count). The maximum absolute atomic E-state index is 12.0. The molecule has 0 saturated carbocycles. The number of hydrogen-bond donors (Lipinski definition) is 3. The predicted molar refractivity (Wildman–Crippen MR) is 81.0 cm³/mol. The monoisotopic (exact) mass is 294 g/mol. The Balaban J connectivity index is 2.88. The van der Waals surface area contributed by atoms with Gasteiger partial charge in [-0.2, -0.15) is 0 Å². The zero-order chi connectivity index (χ0) is 16.2. The number of methoxy groups -OCH3 is 1. The van der Waals surface area contributed by atoms with Crippen molar-refractivity contribution in [1.82, 2.24) is 5.32 Å². The van der Waals surface area contributed by atoms with Crippen LogP contribution in [0.3, 0.4) is 0 Å². The van der Waals surface area contributed by atoms with E-state index in [1.165, 1.54) is 19.2 Å². The summed E-state index contributed by atoms with van der Waals surface area (Å²) in [4.78, 5) is 23.2. The van der Waals surface area contributed by atoms with E-state index >= 15 is 0 Å². The molecule has 0 aliphatic heterocycles. The summed E-state index contributed by atoms with van der Waals surface area (Å²) in [5.74, 6) is -0.713. The average Bonchev–Trinajstić information content (AvgIpc) is 2.37. The summed E-state index contributed by atoms with van der Waals surface area (Å²) in [6, 6.07) is 3.96. The Morgan fingerprint density at radius 1 is 1.29 bits per heavy atom. The molecule has 0 heterocycles. The highest BCUT2D eigenvalue weighted by Crippen LogP contribution is 2.23. The van der Waals surface area contributed by atoms with Gasteiger partial charge in [-0.1, -0.05) is 20.8 Å². The van der Waals surface area contributed by atoms with Crippen LogP contribution in [0.2, 0.25) is 0 Å². The minimum absolute atomic E-state index is 0.0205. The molecule has 1 aromatic rings. The summed E-state index contributed by atoms with van der Waals surface area (Å²) >= 11 is 0. The second-order valence-corrected chi connectivity index (χ2v) is 5.90. The number of ether oxygens (including phenoxy) is 1. The lowest BCUT2D eigenvalue weighted by molar-refractivity contribution is 0.0697. The van der Waals surface area contributed by atoms with Crippen LogP contribution in [0.25, 0.3) is 0 Å². The number of nitrogens with one attached hydrogen (secondary N) is 2. The molecule has 21 heavy (non-hydrogen) atoms. The zero-order valence-corrected chi connectivity index (χ0v) is 13.0. The lowest BCUT2D eigenvalue weighted by atomic mass is 9.88. The maximum atomic E-state index is 12.0. The third kappa shape index (κ3) is 4.66. The molecule has 3 N–H and O–H groups in total. The molecule has 0 bridgehead atoms. The van der Waals surface area contributed by atoms with E-state index in [0.29, 0.717) is 5.75 Å². The summed E-state index contributed by atoms with van der Waals surface area (Å²) in [6.07, 6.45) is 0. The van der Waals surface area contributed by atoms with E-state index in [9.17, 15) is 14.7 Å². The van der Waals surface area contributed by atoms with Crippen molar-refractivity contribution in [2.75, 3.05) is 12.4 Å². The molecule has 1 aromatic carbocycles. The molecule has 0 aliphatic rings. The third-order valence-electron chi connectivity index (χ3n) is 3.35. The van der Waals surface area contributed by atoms with Gasteiger partial charge in [0.2, 0.25) is 0 Å². The number of benzene rings is 1. The Bertz CT molecular complexity index is 535. The first-order chi connectivity index (χ1) is 9.65. The van der Waals surface area contributed by atoms with Crippen LogP contribution in [0.1, 0.15) is 38.1 Å². The van der Waals surface area contributed by atoms with Crippen LogP contribution in [0, 0.1) is 5.41 Å². The lowest BCUT2D eigenvalue weighted by Crippen LogP contribution is -2.43. The Morgan fingerprint density at radius 3 is 2.38 bits per heavy atom. The molecule has 6 nitrogen and oxygen atoms in total. The number of carboxylic acids is 1. The van der Waals surface area contributed by atoms with Gasteiger partial charge in [0.25, 0.3) is 0 Å². The second-order valence-electron chi connectivity index (χ2n) is 5.90. The molecule has 116 valence electrons. The van der Waals surface area contributed by atoms with Crippen molar-refractivity contribution in [3.05, 3.63) is 23.8 Å². The van der Waals surface area contributed by atoms with Gasteiger partial charge in [-0.25, -0.2) is 9.59 Å². The van der Waals surface area contributed by atoms with Crippen molar-refractivity contribution in [3.63, 3.8) is 0 Å². The average molecular weight is 294 g/mol. The highest BCUT2D eigenvalue weighted by atomic mass is 16.5. The normalized spacial score (nSPS) is 12.4. The molecule has 0 saturated heterocycles. The molecule has 6 heteroatoms. The number of carbonyl (C=O) groups is 2. The second kappa shape index (κ2) is 6.47. The van der Waals surface area contributed by atoms with E-state index in [-0.39, 0.29) is 22.7 Å². The Hall–Kier alpha value is -2.24. The number of anilines is 1. The van der Waals surface area contributed by atoms with Crippen molar-refractivity contribution in [2.24, 2.45) is 5.41 Å². The summed E-state index contributed by atoms with van der Waals surface area (Å²) in [6.45, 7) is 7.92. The van der Waals surface area contributed by atoms with Crippen LogP contribution in [0.15, 0.2) is 18.2 Å². The highest BCUT2D eigenvalue weighted by Gasteiger charge is 2.22. The summed E-state index contributed by atoms with van der Waals surface area (Å²) in [5.41, 5.74) is 0.113.